The van der Waals surface area contributed by atoms with Crippen molar-refractivity contribution < 1.29 is 79.5 Å². The lowest BCUT2D eigenvalue weighted by Gasteiger charge is -2.48. The summed E-state index contributed by atoms with van der Waals surface area (Å²) in [5, 5.41) is 103. The quantitative estimate of drug-likeness (QED) is 0.0481. The SMILES string of the molecule is CCCCCCCCCCCCCCCCCCSCCO[C@@H]1O[C@H](CO)[C@@H](O[C@@H]2O[C@H](CO)[C@H](O[C@H]3O[C@H](CO)[C@H](O)[C@H](O)[C@H]3O)[C@H](O)[C@H]2O)[C@H](O)[C@H]1O. The lowest BCUT2D eigenvalue weighted by molar-refractivity contribution is -0.379. The van der Waals surface area contributed by atoms with Crippen LogP contribution in [0.4, 0.5) is 0 Å². The Morgan fingerprint density at radius 1 is 0.418 bits per heavy atom. The van der Waals surface area contributed by atoms with Crippen molar-refractivity contribution in [2.24, 2.45) is 0 Å². The highest BCUT2D eigenvalue weighted by atomic mass is 32.2. The minimum Gasteiger partial charge on any atom is -0.394 e. The molecule has 3 aliphatic heterocycles. The Labute approximate surface area is 330 Å². The van der Waals surface area contributed by atoms with E-state index in [1.165, 1.54) is 96.3 Å². The maximum absolute atomic E-state index is 10.9. The average Bonchev–Trinajstić information content (AvgIpc) is 3.19. The number of unbranched alkanes of at least 4 members (excludes halogenated alkanes) is 15. The molecule has 10 N–H and O–H groups in total. The first kappa shape index (κ1) is 49.1. The standard InChI is InChI=1S/C38H72O16S/c1-2-3-4-5-6-7-8-9-10-11-12-13-14-15-16-17-19-55-20-18-49-36-32(47)29(44)34(25(22-40)51-36)54-38-33(48)30(45)35(26(23-41)52-38)53-37-31(46)28(43)27(42)24(21-39)50-37/h24-48H,2-23H2,1H3/t24-,25-,26-,27+,28+,29-,30-,31-,32-,33-,34-,35+,36-,37-,38+/m1/s1. The lowest BCUT2D eigenvalue weighted by atomic mass is 9.96. The first-order valence-electron chi connectivity index (χ1n) is 20.6. The molecule has 0 spiro atoms. The summed E-state index contributed by atoms with van der Waals surface area (Å²) in [6, 6.07) is 0. The van der Waals surface area contributed by atoms with Gasteiger partial charge in [-0.05, 0) is 12.2 Å². The van der Waals surface area contributed by atoms with Crippen molar-refractivity contribution in [3.05, 3.63) is 0 Å². The summed E-state index contributed by atoms with van der Waals surface area (Å²) in [5.74, 6) is 1.62. The van der Waals surface area contributed by atoms with Crippen molar-refractivity contribution in [1.82, 2.24) is 0 Å². The van der Waals surface area contributed by atoms with Crippen LogP contribution in [0, 0.1) is 0 Å². The Balaban J connectivity index is 1.30. The summed E-state index contributed by atoms with van der Waals surface area (Å²) in [4.78, 5) is 0. The second-order valence-electron chi connectivity index (χ2n) is 15.1. The number of ether oxygens (including phenoxy) is 6. The molecule has 3 aliphatic rings. The van der Waals surface area contributed by atoms with E-state index in [1.54, 1.807) is 11.8 Å². The van der Waals surface area contributed by atoms with E-state index in [0.29, 0.717) is 5.75 Å². The normalized spacial score (nSPS) is 37.0. The van der Waals surface area contributed by atoms with Gasteiger partial charge >= 0.3 is 0 Å². The van der Waals surface area contributed by atoms with Crippen LogP contribution in [-0.2, 0) is 28.4 Å². The van der Waals surface area contributed by atoms with Crippen LogP contribution >= 0.6 is 11.8 Å². The molecule has 16 nitrogen and oxygen atoms in total. The Hall–Kier alpha value is -0.290. The molecule has 0 aromatic heterocycles. The van der Waals surface area contributed by atoms with Crippen LogP contribution in [0.1, 0.15) is 110 Å². The highest BCUT2D eigenvalue weighted by molar-refractivity contribution is 7.99. The number of rotatable bonds is 28. The van der Waals surface area contributed by atoms with Crippen LogP contribution in [0.25, 0.3) is 0 Å². The molecule has 0 aromatic carbocycles. The molecule has 326 valence electrons. The van der Waals surface area contributed by atoms with Gasteiger partial charge in [0.2, 0.25) is 0 Å². The molecule has 0 aliphatic carbocycles. The van der Waals surface area contributed by atoms with Crippen LogP contribution in [0.15, 0.2) is 0 Å². The summed E-state index contributed by atoms with van der Waals surface area (Å²) in [5.41, 5.74) is 0. The molecule has 0 saturated carbocycles. The van der Waals surface area contributed by atoms with E-state index in [4.69, 9.17) is 28.4 Å². The third kappa shape index (κ3) is 15.7. The minimum absolute atomic E-state index is 0.228. The molecule has 0 radical (unpaired) electrons. The Morgan fingerprint density at radius 2 is 0.800 bits per heavy atom. The summed E-state index contributed by atoms with van der Waals surface area (Å²) >= 11 is 1.72. The molecule has 3 heterocycles. The third-order valence-corrected chi connectivity index (χ3v) is 11.8. The van der Waals surface area contributed by atoms with Crippen LogP contribution in [-0.4, -0.2) is 181 Å². The molecule has 3 saturated heterocycles. The lowest BCUT2D eigenvalue weighted by Crippen LogP contribution is -2.66. The fraction of sp³-hybridized carbons (Fsp3) is 1.00. The molecular formula is C38H72O16S. The van der Waals surface area contributed by atoms with Gasteiger partial charge in [-0.25, -0.2) is 0 Å². The van der Waals surface area contributed by atoms with Gasteiger partial charge in [0, 0.05) is 5.75 Å². The smallest absolute Gasteiger partial charge is 0.187 e. The van der Waals surface area contributed by atoms with Crippen molar-refractivity contribution in [3.8, 4) is 0 Å². The monoisotopic (exact) mass is 816 g/mol. The molecule has 3 fully saturated rings. The van der Waals surface area contributed by atoms with E-state index in [1.807, 2.05) is 0 Å². The average molecular weight is 817 g/mol. The van der Waals surface area contributed by atoms with Gasteiger partial charge in [-0.3, -0.25) is 0 Å². The Morgan fingerprint density at radius 3 is 1.25 bits per heavy atom. The Kier molecular flexibility index (Phi) is 24.5. The summed E-state index contributed by atoms with van der Waals surface area (Å²) in [6.45, 7) is 0.291. The summed E-state index contributed by atoms with van der Waals surface area (Å²) in [7, 11) is 0. The zero-order valence-electron chi connectivity index (χ0n) is 32.5. The van der Waals surface area contributed by atoms with Gasteiger partial charge in [-0.1, -0.05) is 103 Å². The highest BCUT2D eigenvalue weighted by Crippen LogP contribution is 2.32. The van der Waals surface area contributed by atoms with Crippen LogP contribution in [0.2, 0.25) is 0 Å². The van der Waals surface area contributed by atoms with E-state index < -0.39 is 112 Å². The maximum Gasteiger partial charge on any atom is 0.187 e. The molecule has 0 aromatic rings. The van der Waals surface area contributed by atoms with Crippen molar-refractivity contribution in [3.63, 3.8) is 0 Å². The van der Waals surface area contributed by atoms with Gasteiger partial charge in [0.05, 0.1) is 26.4 Å². The predicted molar refractivity (Wildman–Crippen MR) is 202 cm³/mol. The van der Waals surface area contributed by atoms with Crippen LogP contribution in [0.5, 0.6) is 0 Å². The molecule has 55 heavy (non-hydrogen) atoms. The van der Waals surface area contributed by atoms with E-state index in [2.05, 4.69) is 6.92 Å². The topological polar surface area (TPSA) is 258 Å². The van der Waals surface area contributed by atoms with Gasteiger partial charge < -0.3 is 79.5 Å². The van der Waals surface area contributed by atoms with Gasteiger partial charge in [-0.2, -0.15) is 11.8 Å². The molecule has 15 atom stereocenters. The molecule has 0 unspecified atom stereocenters. The number of aliphatic hydroxyl groups is 10. The van der Waals surface area contributed by atoms with Crippen molar-refractivity contribution in [2.75, 3.05) is 37.9 Å². The number of aliphatic hydroxyl groups excluding tert-OH is 10. The van der Waals surface area contributed by atoms with Crippen molar-refractivity contribution in [2.45, 2.75) is 202 Å². The van der Waals surface area contributed by atoms with Gasteiger partial charge in [0.15, 0.2) is 18.9 Å². The summed E-state index contributed by atoms with van der Waals surface area (Å²) < 4.78 is 33.6. The third-order valence-electron chi connectivity index (χ3n) is 10.7. The van der Waals surface area contributed by atoms with E-state index in [0.717, 1.165) is 12.2 Å². The first-order valence-corrected chi connectivity index (χ1v) is 21.8. The minimum atomic E-state index is -1.89. The largest absolute Gasteiger partial charge is 0.394 e. The zero-order chi connectivity index (χ0) is 40.2. The summed E-state index contributed by atoms with van der Waals surface area (Å²) in [6.07, 6.45) is -2.79. The first-order chi connectivity index (χ1) is 26.6. The number of hydrogen-bond donors (Lipinski definition) is 10. The van der Waals surface area contributed by atoms with Gasteiger partial charge in [0.25, 0.3) is 0 Å². The highest BCUT2D eigenvalue weighted by Gasteiger charge is 2.53. The number of hydrogen-bond acceptors (Lipinski definition) is 17. The molecule has 17 heteroatoms. The second kappa shape index (κ2) is 27.5. The fourth-order valence-electron chi connectivity index (χ4n) is 7.26. The van der Waals surface area contributed by atoms with Gasteiger partial charge in [-0.15, -0.1) is 0 Å². The Bertz CT molecular complexity index is 968. The van der Waals surface area contributed by atoms with E-state index in [-0.39, 0.29) is 6.61 Å². The van der Waals surface area contributed by atoms with E-state index in [9.17, 15) is 51.1 Å². The second-order valence-corrected chi connectivity index (χ2v) is 16.3. The predicted octanol–water partition coefficient (Wildman–Crippen LogP) is 0.446. The zero-order valence-corrected chi connectivity index (χ0v) is 33.4. The van der Waals surface area contributed by atoms with Crippen molar-refractivity contribution in [1.29, 1.82) is 0 Å². The van der Waals surface area contributed by atoms with Gasteiger partial charge in [0.1, 0.15) is 73.2 Å². The van der Waals surface area contributed by atoms with Crippen molar-refractivity contribution >= 4 is 11.8 Å². The van der Waals surface area contributed by atoms with E-state index >= 15 is 0 Å². The molecule has 3 rings (SSSR count). The maximum atomic E-state index is 10.9. The molecular weight excluding hydrogens is 744 g/mol. The van der Waals surface area contributed by atoms with Crippen LogP contribution in [0.3, 0.4) is 0 Å². The fourth-order valence-corrected chi connectivity index (χ4v) is 8.08. The molecule has 0 amide bonds. The number of thioether (sulfide) groups is 1. The molecule has 0 bridgehead atoms. The van der Waals surface area contributed by atoms with Crippen LogP contribution < -0.4 is 0 Å².